The standard InChI is InChI=1S/C12H12N4O2/c17-12(18)8-5-9-11(13-6-8)16-15-10(14-9)7-3-1-2-4-7/h5-7H,1-4H2,(H,17,18). The van der Waals surface area contributed by atoms with E-state index in [2.05, 4.69) is 20.2 Å². The monoisotopic (exact) mass is 244 g/mol. The maximum Gasteiger partial charge on any atom is 0.337 e. The first kappa shape index (κ1) is 11.0. The number of hydrogen-bond acceptors (Lipinski definition) is 5. The Hall–Kier alpha value is -2.11. The van der Waals surface area contributed by atoms with E-state index in [0.29, 0.717) is 22.9 Å². The molecular weight excluding hydrogens is 232 g/mol. The lowest BCUT2D eigenvalue weighted by Gasteiger charge is -2.06. The zero-order chi connectivity index (χ0) is 12.5. The fourth-order valence-corrected chi connectivity index (χ4v) is 2.32. The van der Waals surface area contributed by atoms with Crippen molar-refractivity contribution in [1.82, 2.24) is 20.2 Å². The molecule has 0 aromatic carbocycles. The predicted octanol–water partition coefficient (Wildman–Crippen LogP) is 1.78. The van der Waals surface area contributed by atoms with Crippen molar-refractivity contribution < 1.29 is 9.90 Å². The van der Waals surface area contributed by atoms with Crippen LogP contribution in [0, 0.1) is 0 Å². The van der Waals surface area contributed by atoms with Gasteiger partial charge in [-0.1, -0.05) is 12.8 Å². The first-order chi connectivity index (χ1) is 8.74. The first-order valence-electron chi connectivity index (χ1n) is 5.98. The van der Waals surface area contributed by atoms with Crippen LogP contribution in [0.5, 0.6) is 0 Å². The zero-order valence-corrected chi connectivity index (χ0v) is 9.70. The molecule has 92 valence electrons. The Morgan fingerprint density at radius 2 is 2.06 bits per heavy atom. The van der Waals surface area contributed by atoms with Gasteiger partial charge in [-0.3, -0.25) is 0 Å². The molecule has 0 bridgehead atoms. The van der Waals surface area contributed by atoms with E-state index in [-0.39, 0.29) is 5.56 Å². The third-order valence-corrected chi connectivity index (χ3v) is 3.30. The Balaban J connectivity index is 2.06. The molecule has 6 nitrogen and oxygen atoms in total. The molecule has 18 heavy (non-hydrogen) atoms. The van der Waals surface area contributed by atoms with Crippen molar-refractivity contribution in [2.75, 3.05) is 0 Å². The Bertz CT molecular complexity index is 608. The van der Waals surface area contributed by atoms with Gasteiger partial charge in [0.05, 0.1) is 5.56 Å². The molecule has 0 spiro atoms. The molecule has 0 saturated heterocycles. The molecule has 0 atom stereocenters. The number of pyridine rings is 1. The maximum atomic E-state index is 10.9. The van der Waals surface area contributed by atoms with Gasteiger partial charge in [0.1, 0.15) is 5.52 Å². The van der Waals surface area contributed by atoms with Crippen molar-refractivity contribution in [1.29, 1.82) is 0 Å². The second kappa shape index (κ2) is 4.29. The maximum absolute atomic E-state index is 10.9. The molecule has 2 heterocycles. The molecule has 1 N–H and O–H groups in total. The predicted molar refractivity (Wildman–Crippen MR) is 63.3 cm³/mol. The number of carboxylic acids is 1. The first-order valence-corrected chi connectivity index (χ1v) is 5.98. The second-order valence-corrected chi connectivity index (χ2v) is 4.52. The van der Waals surface area contributed by atoms with Crippen molar-refractivity contribution in [2.45, 2.75) is 31.6 Å². The summed E-state index contributed by atoms with van der Waals surface area (Å²) in [5.41, 5.74) is 1.02. The van der Waals surface area contributed by atoms with E-state index < -0.39 is 5.97 Å². The molecule has 0 radical (unpaired) electrons. The SMILES string of the molecule is O=C(O)c1cnc2nnc(C3CCCC3)nc2c1. The van der Waals surface area contributed by atoms with Crippen LogP contribution in [0.3, 0.4) is 0 Å². The molecule has 1 aliphatic rings. The number of rotatable bonds is 2. The lowest BCUT2D eigenvalue weighted by Crippen LogP contribution is -2.05. The van der Waals surface area contributed by atoms with Crippen LogP contribution in [0.2, 0.25) is 0 Å². The van der Waals surface area contributed by atoms with Crippen molar-refractivity contribution in [2.24, 2.45) is 0 Å². The highest BCUT2D eigenvalue weighted by Gasteiger charge is 2.20. The average Bonchev–Trinajstić information content (AvgIpc) is 2.91. The van der Waals surface area contributed by atoms with Gasteiger partial charge in [0.25, 0.3) is 0 Å². The number of aromatic carboxylic acids is 1. The Morgan fingerprint density at radius 1 is 1.28 bits per heavy atom. The van der Waals surface area contributed by atoms with Crippen LogP contribution in [-0.2, 0) is 0 Å². The molecule has 6 heteroatoms. The Morgan fingerprint density at radius 3 is 2.78 bits per heavy atom. The minimum atomic E-state index is -1.01. The topological polar surface area (TPSA) is 88.9 Å². The van der Waals surface area contributed by atoms with E-state index in [4.69, 9.17) is 5.11 Å². The minimum Gasteiger partial charge on any atom is -0.478 e. The Labute approximate surface area is 103 Å². The van der Waals surface area contributed by atoms with Gasteiger partial charge < -0.3 is 5.11 Å². The Kier molecular flexibility index (Phi) is 2.62. The molecule has 1 saturated carbocycles. The normalized spacial score (nSPS) is 16.2. The minimum absolute atomic E-state index is 0.125. The van der Waals surface area contributed by atoms with E-state index >= 15 is 0 Å². The number of fused-ring (bicyclic) bond motifs is 1. The quantitative estimate of drug-likeness (QED) is 0.866. The van der Waals surface area contributed by atoms with Crippen LogP contribution in [0.1, 0.15) is 47.8 Å². The van der Waals surface area contributed by atoms with Gasteiger partial charge in [0.2, 0.25) is 5.65 Å². The van der Waals surface area contributed by atoms with Crippen molar-refractivity contribution in [3.8, 4) is 0 Å². The van der Waals surface area contributed by atoms with Crippen molar-refractivity contribution in [3.63, 3.8) is 0 Å². The highest BCUT2D eigenvalue weighted by molar-refractivity contribution is 5.90. The van der Waals surface area contributed by atoms with E-state index in [1.807, 2.05) is 0 Å². The fourth-order valence-electron chi connectivity index (χ4n) is 2.32. The molecule has 0 amide bonds. The summed E-state index contributed by atoms with van der Waals surface area (Å²) in [5, 5.41) is 17.0. The molecule has 0 aliphatic heterocycles. The van der Waals surface area contributed by atoms with Crippen LogP contribution in [0.4, 0.5) is 0 Å². The van der Waals surface area contributed by atoms with E-state index in [9.17, 15) is 4.79 Å². The summed E-state index contributed by atoms with van der Waals surface area (Å²) in [6, 6.07) is 1.50. The summed E-state index contributed by atoms with van der Waals surface area (Å²) in [5.74, 6) is 0.0603. The summed E-state index contributed by atoms with van der Waals surface area (Å²) >= 11 is 0. The summed E-state index contributed by atoms with van der Waals surface area (Å²) in [4.78, 5) is 19.2. The van der Waals surface area contributed by atoms with Gasteiger partial charge in [-0.05, 0) is 18.9 Å². The van der Waals surface area contributed by atoms with E-state index in [1.54, 1.807) is 0 Å². The summed E-state index contributed by atoms with van der Waals surface area (Å²) in [6.45, 7) is 0. The van der Waals surface area contributed by atoms with Gasteiger partial charge in [0.15, 0.2) is 5.82 Å². The van der Waals surface area contributed by atoms with Crippen molar-refractivity contribution in [3.05, 3.63) is 23.7 Å². The van der Waals surface area contributed by atoms with Gasteiger partial charge in [-0.25, -0.2) is 14.8 Å². The summed E-state index contributed by atoms with van der Waals surface area (Å²) in [7, 11) is 0. The highest BCUT2D eigenvalue weighted by Crippen LogP contribution is 2.31. The lowest BCUT2D eigenvalue weighted by atomic mass is 10.1. The van der Waals surface area contributed by atoms with Gasteiger partial charge >= 0.3 is 5.97 Å². The molecule has 3 rings (SSSR count). The molecule has 2 aromatic rings. The third kappa shape index (κ3) is 1.90. The van der Waals surface area contributed by atoms with Gasteiger partial charge in [-0.2, -0.15) is 0 Å². The number of aromatic nitrogens is 4. The van der Waals surface area contributed by atoms with Gasteiger partial charge in [-0.15, -0.1) is 10.2 Å². The molecule has 1 fully saturated rings. The van der Waals surface area contributed by atoms with Gasteiger partial charge in [0, 0.05) is 12.1 Å². The molecule has 2 aromatic heterocycles. The van der Waals surface area contributed by atoms with E-state index in [1.165, 1.54) is 25.1 Å². The largest absolute Gasteiger partial charge is 0.478 e. The average molecular weight is 244 g/mol. The number of hydrogen-bond donors (Lipinski definition) is 1. The molecule has 1 aliphatic carbocycles. The lowest BCUT2D eigenvalue weighted by molar-refractivity contribution is 0.0696. The van der Waals surface area contributed by atoms with Crippen LogP contribution in [0.25, 0.3) is 11.2 Å². The molecular formula is C12H12N4O2. The second-order valence-electron chi connectivity index (χ2n) is 4.52. The smallest absolute Gasteiger partial charge is 0.337 e. The van der Waals surface area contributed by atoms with Crippen molar-refractivity contribution >= 4 is 17.1 Å². The van der Waals surface area contributed by atoms with Crippen LogP contribution in [0.15, 0.2) is 12.3 Å². The highest BCUT2D eigenvalue weighted by atomic mass is 16.4. The van der Waals surface area contributed by atoms with Crippen LogP contribution in [-0.4, -0.2) is 31.2 Å². The van der Waals surface area contributed by atoms with Crippen LogP contribution >= 0.6 is 0 Å². The summed E-state index contributed by atoms with van der Waals surface area (Å²) in [6.07, 6.45) is 5.83. The zero-order valence-electron chi connectivity index (χ0n) is 9.70. The fraction of sp³-hybridized carbons (Fsp3) is 0.417. The number of carboxylic acid groups (broad SMARTS) is 1. The van der Waals surface area contributed by atoms with E-state index in [0.717, 1.165) is 12.8 Å². The number of nitrogens with zero attached hydrogens (tertiary/aromatic N) is 4. The summed E-state index contributed by atoms with van der Waals surface area (Å²) < 4.78 is 0. The van der Waals surface area contributed by atoms with Crippen LogP contribution < -0.4 is 0 Å². The third-order valence-electron chi connectivity index (χ3n) is 3.30. The molecule has 0 unspecified atom stereocenters. The number of carbonyl (C=O) groups is 1.